The lowest BCUT2D eigenvalue weighted by molar-refractivity contribution is -0.167. The lowest BCUT2D eigenvalue weighted by Crippen LogP contribution is -2.38. The van der Waals surface area contributed by atoms with E-state index >= 15 is 0 Å². The molecule has 0 aliphatic carbocycles. The van der Waals surface area contributed by atoms with Crippen molar-refractivity contribution in [2.45, 2.75) is 52.7 Å². The van der Waals surface area contributed by atoms with Gasteiger partial charge in [-0.05, 0) is 34.6 Å². The van der Waals surface area contributed by atoms with Crippen molar-refractivity contribution in [3.8, 4) is 0 Å². The normalized spacial score (nSPS) is 24.9. The molecule has 0 bridgehead atoms. The highest BCUT2D eigenvalue weighted by molar-refractivity contribution is 5.78. The molecule has 1 rings (SSSR count). The van der Waals surface area contributed by atoms with Crippen molar-refractivity contribution < 1.29 is 19.1 Å². The van der Waals surface area contributed by atoms with Gasteiger partial charge in [-0.15, -0.1) is 0 Å². The van der Waals surface area contributed by atoms with Gasteiger partial charge in [-0.25, -0.2) is 0 Å². The van der Waals surface area contributed by atoms with Crippen LogP contribution >= 0.6 is 0 Å². The molecule has 0 aromatic heterocycles. The van der Waals surface area contributed by atoms with Crippen LogP contribution in [0.2, 0.25) is 0 Å². The van der Waals surface area contributed by atoms with Crippen molar-refractivity contribution in [2.24, 2.45) is 5.41 Å². The average Bonchev–Trinajstić information content (AvgIpc) is 2.22. The molecule has 0 aromatic carbocycles. The van der Waals surface area contributed by atoms with Gasteiger partial charge in [0, 0.05) is 0 Å². The molecule has 0 spiro atoms. The first-order valence-corrected chi connectivity index (χ1v) is 5.06. The Kier molecular flexibility index (Phi) is 2.81. The number of esters is 2. The fraction of sp³-hybridized carbons (Fsp3) is 0.818. The first-order valence-electron chi connectivity index (χ1n) is 5.06. The second-order valence-electron chi connectivity index (χ2n) is 5.43. The lowest BCUT2D eigenvalue weighted by Gasteiger charge is -2.27. The average molecular weight is 214 g/mol. The number of rotatable bonds is 1. The molecule has 1 aliphatic rings. The number of carbonyl (C=O) groups excluding carboxylic acids is 2. The first kappa shape index (κ1) is 12.0. The Bertz CT molecular complexity index is 285. The topological polar surface area (TPSA) is 52.6 Å². The van der Waals surface area contributed by atoms with Crippen molar-refractivity contribution in [2.75, 3.05) is 0 Å². The Morgan fingerprint density at radius 3 is 2.33 bits per heavy atom. The zero-order valence-corrected chi connectivity index (χ0v) is 9.92. The van der Waals surface area contributed by atoms with Crippen molar-refractivity contribution in [3.05, 3.63) is 0 Å². The Hall–Kier alpha value is -1.06. The van der Waals surface area contributed by atoms with Gasteiger partial charge in [0.25, 0.3) is 0 Å². The summed E-state index contributed by atoms with van der Waals surface area (Å²) in [6.07, 6.45) is -0.328. The number of hydrogen-bond acceptors (Lipinski definition) is 4. The van der Waals surface area contributed by atoms with Crippen molar-refractivity contribution in [3.63, 3.8) is 0 Å². The van der Waals surface area contributed by atoms with E-state index in [4.69, 9.17) is 9.47 Å². The van der Waals surface area contributed by atoms with Crippen LogP contribution in [-0.2, 0) is 19.1 Å². The summed E-state index contributed by atoms with van der Waals surface area (Å²) in [5.74, 6) is -0.620. The fourth-order valence-corrected chi connectivity index (χ4v) is 1.29. The maximum atomic E-state index is 11.6. The summed E-state index contributed by atoms with van der Waals surface area (Å²) < 4.78 is 10.3. The molecule has 1 aliphatic heterocycles. The molecular weight excluding hydrogens is 196 g/mol. The van der Waals surface area contributed by atoms with Crippen molar-refractivity contribution >= 4 is 11.9 Å². The Balaban J connectivity index is 2.67. The molecule has 0 saturated carbocycles. The molecule has 0 radical (unpaired) electrons. The number of cyclic esters (lactones) is 1. The molecule has 0 N–H and O–H groups in total. The van der Waals surface area contributed by atoms with Gasteiger partial charge in [-0.3, -0.25) is 9.59 Å². The number of hydrogen-bond donors (Lipinski definition) is 0. The molecule has 1 saturated heterocycles. The van der Waals surface area contributed by atoms with Crippen LogP contribution in [0.3, 0.4) is 0 Å². The van der Waals surface area contributed by atoms with Crippen LogP contribution in [0, 0.1) is 5.41 Å². The molecule has 1 unspecified atom stereocenters. The monoisotopic (exact) mass is 214 g/mol. The molecule has 1 atom stereocenters. The summed E-state index contributed by atoms with van der Waals surface area (Å²) in [5.41, 5.74) is -1.26. The summed E-state index contributed by atoms with van der Waals surface area (Å²) in [5, 5.41) is 0. The summed E-state index contributed by atoms with van der Waals surface area (Å²) in [7, 11) is 0. The van der Waals surface area contributed by atoms with E-state index in [1.54, 1.807) is 34.6 Å². The zero-order chi connectivity index (χ0) is 11.9. The highest BCUT2D eigenvalue weighted by atomic mass is 16.6. The Morgan fingerprint density at radius 2 is 2.00 bits per heavy atom. The van der Waals surface area contributed by atoms with E-state index in [9.17, 15) is 9.59 Å². The number of carbonyl (C=O) groups is 2. The quantitative estimate of drug-likeness (QED) is 0.623. The number of ether oxygens (including phenoxy) is 2. The largest absolute Gasteiger partial charge is 0.457 e. The molecule has 4 heteroatoms. The molecule has 15 heavy (non-hydrogen) atoms. The standard InChI is InChI=1S/C11H18O4/c1-10(2,3)9(13)14-7-6-8(12)15-11(7,4)5/h7H,6H2,1-5H3. The molecule has 1 heterocycles. The van der Waals surface area contributed by atoms with Gasteiger partial charge in [0.05, 0.1) is 11.8 Å². The van der Waals surface area contributed by atoms with Crippen LogP contribution in [0.1, 0.15) is 41.0 Å². The summed E-state index contributed by atoms with van der Waals surface area (Å²) in [4.78, 5) is 22.7. The van der Waals surface area contributed by atoms with Gasteiger partial charge in [0.2, 0.25) is 0 Å². The molecular formula is C11H18O4. The van der Waals surface area contributed by atoms with E-state index in [-0.39, 0.29) is 18.4 Å². The SMILES string of the molecule is CC(C)(C)C(=O)OC1CC(=O)OC1(C)C. The predicted molar refractivity (Wildman–Crippen MR) is 54.1 cm³/mol. The molecule has 1 fully saturated rings. The zero-order valence-electron chi connectivity index (χ0n) is 9.92. The van der Waals surface area contributed by atoms with E-state index in [1.165, 1.54) is 0 Å². The van der Waals surface area contributed by atoms with E-state index in [0.29, 0.717) is 0 Å². The third kappa shape index (κ3) is 2.70. The maximum absolute atomic E-state index is 11.6. The van der Waals surface area contributed by atoms with Gasteiger partial charge in [-0.1, -0.05) is 0 Å². The second kappa shape index (κ2) is 3.51. The van der Waals surface area contributed by atoms with Crippen LogP contribution in [0.15, 0.2) is 0 Å². The Labute approximate surface area is 89.9 Å². The minimum Gasteiger partial charge on any atom is -0.457 e. The first-order chi connectivity index (χ1) is 6.63. The van der Waals surface area contributed by atoms with E-state index in [0.717, 1.165) is 0 Å². The Morgan fingerprint density at radius 1 is 1.47 bits per heavy atom. The minimum atomic E-state index is -0.710. The highest BCUT2D eigenvalue weighted by Crippen LogP contribution is 2.30. The van der Waals surface area contributed by atoms with Crippen LogP contribution in [0.25, 0.3) is 0 Å². The van der Waals surface area contributed by atoms with E-state index in [1.807, 2.05) is 0 Å². The molecule has 0 aromatic rings. The minimum absolute atomic E-state index is 0.148. The lowest BCUT2D eigenvalue weighted by atomic mass is 9.96. The van der Waals surface area contributed by atoms with Gasteiger partial charge in [0.1, 0.15) is 5.60 Å². The van der Waals surface area contributed by atoms with E-state index < -0.39 is 17.1 Å². The summed E-state index contributed by atoms with van der Waals surface area (Å²) >= 11 is 0. The predicted octanol–water partition coefficient (Wildman–Crippen LogP) is 1.67. The third-order valence-electron chi connectivity index (χ3n) is 2.37. The van der Waals surface area contributed by atoms with Gasteiger partial charge < -0.3 is 9.47 Å². The van der Waals surface area contributed by atoms with Crippen molar-refractivity contribution in [1.82, 2.24) is 0 Å². The van der Waals surface area contributed by atoms with Crippen LogP contribution in [0.4, 0.5) is 0 Å². The summed E-state index contributed by atoms with van der Waals surface area (Å²) in [6.45, 7) is 8.83. The van der Waals surface area contributed by atoms with Crippen molar-refractivity contribution in [1.29, 1.82) is 0 Å². The molecule has 0 amide bonds. The van der Waals surface area contributed by atoms with Crippen LogP contribution in [-0.4, -0.2) is 23.6 Å². The van der Waals surface area contributed by atoms with Gasteiger partial charge >= 0.3 is 11.9 Å². The van der Waals surface area contributed by atoms with Crippen LogP contribution in [0.5, 0.6) is 0 Å². The maximum Gasteiger partial charge on any atom is 0.311 e. The smallest absolute Gasteiger partial charge is 0.311 e. The van der Waals surface area contributed by atoms with Gasteiger partial charge in [-0.2, -0.15) is 0 Å². The third-order valence-corrected chi connectivity index (χ3v) is 2.37. The highest BCUT2D eigenvalue weighted by Gasteiger charge is 2.45. The molecule has 86 valence electrons. The summed E-state index contributed by atoms with van der Waals surface area (Å²) in [6, 6.07) is 0. The van der Waals surface area contributed by atoms with Gasteiger partial charge in [0.15, 0.2) is 6.10 Å². The van der Waals surface area contributed by atoms with E-state index in [2.05, 4.69) is 0 Å². The fourth-order valence-electron chi connectivity index (χ4n) is 1.29. The van der Waals surface area contributed by atoms with Crippen LogP contribution < -0.4 is 0 Å². The second-order valence-corrected chi connectivity index (χ2v) is 5.43. The molecule has 4 nitrogen and oxygen atoms in total.